The van der Waals surface area contributed by atoms with E-state index < -0.39 is 0 Å². The Hall–Kier alpha value is -3.71. The summed E-state index contributed by atoms with van der Waals surface area (Å²) in [5, 5.41) is 9.77. The molecule has 0 atom stereocenters. The zero-order valence-electron chi connectivity index (χ0n) is 16.4. The number of anilines is 1. The van der Waals surface area contributed by atoms with E-state index in [0.29, 0.717) is 22.7 Å². The fourth-order valence-corrected chi connectivity index (χ4v) is 3.93. The number of carbonyl (C=O) groups excluding carboxylic acids is 2. The highest BCUT2D eigenvalue weighted by Crippen LogP contribution is 2.25. The van der Waals surface area contributed by atoms with Crippen molar-refractivity contribution in [3.8, 4) is 0 Å². The Labute approximate surface area is 177 Å². The van der Waals surface area contributed by atoms with E-state index in [1.165, 1.54) is 11.3 Å². The standard InChI is InChI=1S/C23H19N3O3S/c1-14-10-11-20(29-14)23(28)24-17-7-5-6-16(12-17)15(2)25-26-22(27)19-13-30-21-9-4-3-8-18(19)21/h3-13H,1-2H3,(H,24,28)(H,26,27). The summed E-state index contributed by atoms with van der Waals surface area (Å²) < 4.78 is 6.40. The monoisotopic (exact) mass is 417 g/mol. The fraction of sp³-hybridized carbons (Fsp3) is 0.0870. The van der Waals surface area contributed by atoms with Crippen molar-refractivity contribution in [2.75, 3.05) is 5.32 Å². The number of aryl methyl sites for hydroxylation is 1. The van der Waals surface area contributed by atoms with Crippen molar-refractivity contribution in [3.63, 3.8) is 0 Å². The van der Waals surface area contributed by atoms with E-state index in [-0.39, 0.29) is 17.6 Å². The number of carbonyl (C=O) groups is 2. The molecule has 0 radical (unpaired) electrons. The van der Waals surface area contributed by atoms with Gasteiger partial charge < -0.3 is 9.73 Å². The lowest BCUT2D eigenvalue weighted by molar-refractivity contribution is 0.0955. The number of hydrogen-bond donors (Lipinski definition) is 2. The van der Waals surface area contributed by atoms with Crippen molar-refractivity contribution >= 4 is 44.6 Å². The molecule has 2 N–H and O–H groups in total. The summed E-state index contributed by atoms with van der Waals surface area (Å²) in [5.41, 5.74) is 5.22. The van der Waals surface area contributed by atoms with Gasteiger partial charge in [0.15, 0.2) is 5.76 Å². The quantitative estimate of drug-likeness (QED) is 0.345. The highest BCUT2D eigenvalue weighted by Gasteiger charge is 2.12. The zero-order valence-corrected chi connectivity index (χ0v) is 17.2. The van der Waals surface area contributed by atoms with E-state index in [4.69, 9.17) is 4.42 Å². The summed E-state index contributed by atoms with van der Waals surface area (Å²) in [6.45, 7) is 3.58. The third kappa shape index (κ3) is 4.16. The Morgan fingerprint density at radius 3 is 2.63 bits per heavy atom. The molecule has 0 fully saturated rings. The van der Waals surface area contributed by atoms with Crippen LogP contribution < -0.4 is 10.7 Å². The Morgan fingerprint density at radius 1 is 1.00 bits per heavy atom. The fourth-order valence-electron chi connectivity index (χ4n) is 2.98. The maximum Gasteiger partial charge on any atom is 0.291 e. The van der Waals surface area contributed by atoms with Crippen molar-refractivity contribution in [2.45, 2.75) is 13.8 Å². The third-order valence-electron chi connectivity index (χ3n) is 4.55. The Bertz CT molecular complexity index is 1270. The van der Waals surface area contributed by atoms with Gasteiger partial charge in [-0.05, 0) is 49.7 Å². The lowest BCUT2D eigenvalue weighted by atomic mass is 10.1. The number of nitrogens with zero attached hydrogens (tertiary/aromatic N) is 1. The number of furan rings is 1. The molecule has 2 aromatic carbocycles. The van der Waals surface area contributed by atoms with Gasteiger partial charge in [0.2, 0.25) is 0 Å². The van der Waals surface area contributed by atoms with Gasteiger partial charge in [-0.15, -0.1) is 11.3 Å². The topological polar surface area (TPSA) is 83.7 Å². The average Bonchev–Trinajstić information content (AvgIpc) is 3.38. The van der Waals surface area contributed by atoms with E-state index in [1.54, 1.807) is 38.1 Å². The highest BCUT2D eigenvalue weighted by molar-refractivity contribution is 7.17. The lowest BCUT2D eigenvalue weighted by Gasteiger charge is -2.07. The minimum absolute atomic E-state index is 0.249. The molecular weight excluding hydrogens is 398 g/mol. The summed E-state index contributed by atoms with van der Waals surface area (Å²) in [6.07, 6.45) is 0. The number of fused-ring (bicyclic) bond motifs is 1. The van der Waals surface area contributed by atoms with Crippen LogP contribution >= 0.6 is 11.3 Å². The van der Waals surface area contributed by atoms with Gasteiger partial charge in [-0.3, -0.25) is 9.59 Å². The molecule has 150 valence electrons. The van der Waals surface area contributed by atoms with E-state index in [0.717, 1.165) is 15.6 Å². The molecule has 6 nitrogen and oxygen atoms in total. The van der Waals surface area contributed by atoms with Crippen molar-refractivity contribution in [3.05, 3.63) is 88.7 Å². The predicted molar refractivity (Wildman–Crippen MR) is 119 cm³/mol. The summed E-state index contributed by atoms with van der Waals surface area (Å²) in [7, 11) is 0. The second-order valence-corrected chi connectivity index (χ2v) is 7.64. The van der Waals surface area contributed by atoms with Gasteiger partial charge in [-0.1, -0.05) is 30.3 Å². The largest absolute Gasteiger partial charge is 0.456 e. The smallest absolute Gasteiger partial charge is 0.291 e. The van der Waals surface area contributed by atoms with Gasteiger partial charge in [0.05, 0.1) is 11.3 Å². The number of hydrazone groups is 1. The number of benzene rings is 2. The molecule has 0 spiro atoms. The molecular formula is C23H19N3O3S. The molecule has 4 aromatic rings. The van der Waals surface area contributed by atoms with Crippen molar-refractivity contribution in [1.29, 1.82) is 0 Å². The summed E-state index contributed by atoms with van der Waals surface area (Å²) in [5.74, 6) is 0.335. The molecule has 0 saturated carbocycles. The molecule has 2 aromatic heterocycles. The Morgan fingerprint density at radius 2 is 1.83 bits per heavy atom. The van der Waals surface area contributed by atoms with Crippen LogP contribution in [0.15, 0.2) is 75.6 Å². The third-order valence-corrected chi connectivity index (χ3v) is 5.52. The predicted octanol–water partition coefficient (Wildman–Crippen LogP) is 5.21. The van der Waals surface area contributed by atoms with Crippen LogP contribution in [0.25, 0.3) is 10.1 Å². The molecule has 30 heavy (non-hydrogen) atoms. The molecule has 0 bridgehead atoms. The van der Waals surface area contributed by atoms with Gasteiger partial charge in [0.25, 0.3) is 11.8 Å². The Balaban J connectivity index is 1.47. The molecule has 7 heteroatoms. The van der Waals surface area contributed by atoms with Gasteiger partial charge in [0, 0.05) is 21.2 Å². The zero-order chi connectivity index (χ0) is 21.1. The molecule has 4 rings (SSSR count). The van der Waals surface area contributed by atoms with Crippen LogP contribution in [0, 0.1) is 6.92 Å². The number of hydrogen-bond acceptors (Lipinski definition) is 5. The van der Waals surface area contributed by atoms with E-state index in [9.17, 15) is 9.59 Å². The summed E-state index contributed by atoms with van der Waals surface area (Å²) >= 11 is 1.52. The number of nitrogens with one attached hydrogen (secondary N) is 2. The van der Waals surface area contributed by atoms with Crippen LogP contribution in [0.3, 0.4) is 0 Å². The second-order valence-electron chi connectivity index (χ2n) is 6.73. The SMILES string of the molecule is CC(=NNC(=O)c1csc2ccccc12)c1cccc(NC(=O)c2ccc(C)o2)c1. The van der Waals surface area contributed by atoms with Crippen LogP contribution in [-0.2, 0) is 0 Å². The van der Waals surface area contributed by atoms with E-state index >= 15 is 0 Å². The normalized spacial score (nSPS) is 11.5. The van der Waals surface area contributed by atoms with Gasteiger partial charge in [-0.25, -0.2) is 5.43 Å². The van der Waals surface area contributed by atoms with Gasteiger partial charge in [0.1, 0.15) is 5.76 Å². The maximum absolute atomic E-state index is 12.5. The van der Waals surface area contributed by atoms with Crippen molar-refractivity contribution in [2.24, 2.45) is 5.10 Å². The average molecular weight is 417 g/mol. The molecule has 0 aliphatic rings. The first kappa shape index (κ1) is 19.6. The first-order chi connectivity index (χ1) is 14.5. The highest BCUT2D eigenvalue weighted by atomic mass is 32.1. The Kier molecular flexibility index (Phi) is 5.45. The second kappa shape index (κ2) is 8.34. The van der Waals surface area contributed by atoms with Crippen LogP contribution in [0.5, 0.6) is 0 Å². The molecule has 0 aliphatic heterocycles. The lowest BCUT2D eigenvalue weighted by Crippen LogP contribution is -2.19. The summed E-state index contributed by atoms with van der Waals surface area (Å²) in [6, 6.07) is 18.4. The minimum Gasteiger partial charge on any atom is -0.456 e. The van der Waals surface area contributed by atoms with Crippen molar-refractivity contribution < 1.29 is 14.0 Å². The maximum atomic E-state index is 12.5. The molecule has 2 heterocycles. The van der Waals surface area contributed by atoms with E-state index in [2.05, 4.69) is 15.8 Å². The van der Waals surface area contributed by atoms with Crippen LogP contribution in [-0.4, -0.2) is 17.5 Å². The molecule has 0 aliphatic carbocycles. The first-order valence-corrected chi connectivity index (χ1v) is 10.2. The van der Waals surface area contributed by atoms with Gasteiger partial charge >= 0.3 is 0 Å². The van der Waals surface area contributed by atoms with E-state index in [1.807, 2.05) is 41.8 Å². The number of rotatable bonds is 5. The first-order valence-electron chi connectivity index (χ1n) is 9.30. The summed E-state index contributed by atoms with van der Waals surface area (Å²) in [4.78, 5) is 24.8. The minimum atomic E-state index is -0.326. The molecule has 2 amide bonds. The number of thiophene rings is 1. The number of amides is 2. The van der Waals surface area contributed by atoms with Crippen LogP contribution in [0.2, 0.25) is 0 Å². The van der Waals surface area contributed by atoms with Crippen molar-refractivity contribution in [1.82, 2.24) is 5.43 Å². The molecule has 0 saturated heterocycles. The van der Waals surface area contributed by atoms with Gasteiger partial charge in [-0.2, -0.15) is 5.10 Å². The van der Waals surface area contributed by atoms with Crippen LogP contribution in [0.1, 0.15) is 39.2 Å². The van der Waals surface area contributed by atoms with Crippen LogP contribution in [0.4, 0.5) is 5.69 Å². The molecule has 0 unspecified atom stereocenters.